The molecule has 31 heavy (non-hydrogen) atoms. The smallest absolute Gasteiger partial charge is 0.0712 e. The van der Waals surface area contributed by atoms with Crippen LogP contribution in [0.15, 0.2) is 103 Å². The summed E-state index contributed by atoms with van der Waals surface area (Å²) in [5, 5.41) is 5.00. The molecule has 2 nitrogen and oxygen atoms in total. The Labute approximate surface area is 182 Å². The number of hydrogen-bond acceptors (Lipinski definition) is 2. The minimum atomic E-state index is 1.06. The van der Waals surface area contributed by atoms with Crippen molar-refractivity contribution in [1.82, 2.24) is 9.97 Å². The Balaban J connectivity index is 0.000000134. The fourth-order valence-corrected chi connectivity index (χ4v) is 4.17. The summed E-state index contributed by atoms with van der Waals surface area (Å²) in [5.41, 5.74) is 5.77. The summed E-state index contributed by atoms with van der Waals surface area (Å²) >= 11 is 0. The average molecular weight is 401 g/mol. The number of fused-ring (bicyclic) bond motifs is 4. The first-order valence-corrected chi connectivity index (χ1v) is 10.8. The van der Waals surface area contributed by atoms with Gasteiger partial charge < -0.3 is 0 Å². The predicted octanol–water partition coefficient (Wildman–Crippen LogP) is 7.73. The third-order valence-electron chi connectivity index (χ3n) is 5.62. The van der Waals surface area contributed by atoms with E-state index < -0.39 is 0 Å². The van der Waals surface area contributed by atoms with Gasteiger partial charge >= 0.3 is 0 Å². The third-order valence-corrected chi connectivity index (χ3v) is 5.62. The van der Waals surface area contributed by atoms with Crippen molar-refractivity contribution in [2.24, 2.45) is 0 Å². The van der Waals surface area contributed by atoms with Crippen LogP contribution in [0.5, 0.6) is 0 Å². The first-order valence-electron chi connectivity index (χ1n) is 10.8. The van der Waals surface area contributed by atoms with E-state index in [1.165, 1.54) is 27.1 Å². The monoisotopic (exact) mass is 400 g/mol. The van der Waals surface area contributed by atoms with Crippen LogP contribution in [0.1, 0.15) is 18.9 Å². The predicted molar refractivity (Wildman–Crippen MR) is 132 cm³/mol. The summed E-state index contributed by atoms with van der Waals surface area (Å²) < 4.78 is 0. The molecule has 0 fully saturated rings. The van der Waals surface area contributed by atoms with E-state index in [1.54, 1.807) is 0 Å². The van der Waals surface area contributed by atoms with Crippen molar-refractivity contribution >= 4 is 43.6 Å². The lowest BCUT2D eigenvalue weighted by molar-refractivity contribution is 0.936. The Kier molecular flexibility index (Phi) is 5.28. The molecule has 0 radical (unpaired) electrons. The highest BCUT2D eigenvalue weighted by Gasteiger charge is 2.07. The summed E-state index contributed by atoms with van der Waals surface area (Å²) in [5.74, 6) is 0. The third kappa shape index (κ3) is 3.85. The Morgan fingerprint density at radius 2 is 0.935 bits per heavy atom. The Morgan fingerprint density at radius 3 is 1.45 bits per heavy atom. The van der Waals surface area contributed by atoms with Gasteiger partial charge in [-0.25, -0.2) is 9.97 Å². The van der Waals surface area contributed by atoms with Crippen molar-refractivity contribution in [3.63, 3.8) is 0 Å². The van der Waals surface area contributed by atoms with Crippen molar-refractivity contribution in [2.45, 2.75) is 19.8 Å². The van der Waals surface area contributed by atoms with Gasteiger partial charge in [0.2, 0.25) is 0 Å². The second kappa shape index (κ2) is 8.53. The Bertz CT molecular complexity index is 1340. The van der Waals surface area contributed by atoms with E-state index in [4.69, 9.17) is 4.98 Å². The van der Waals surface area contributed by atoms with Crippen LogP contribution in [0.4, 0.5) is 0 Å². The van der Waals surface area contributed by atoms with Crippen LogP contribution in [0.25, 0.3) is 43.6 Å². The number of para-hydroxylation sites is 4. The Morgan fingerprint density at radius 1 is 0.516 bits per heavy atom. The molecule has 0 aliphatic carbocycles. The molecule has 2 aromatic heterocycles. The van der Waals surface area contributed by atoms with Gasteiger partial charge in [-0.2, -0.15) is 0 Å². The van der Waals surface area contributed by atoms with Gasteiger partial charge in [-0.3, -0.25) is 0 Å². The van der Waals surface area contributed by atoms with E-state index in [0.717, 1.165) is 34.9 Å². The topological polar surface area (TPSA) is 25.8 Å². The summed E-state index contributed by atoms with van der Waals surface area (Å²) in [6, 6.07) is 35.4. The van der Waals surface area contributed by atoms with E-state index in [0.29, 0.717) is 0 Å². The minimum Gasteiger partial charge on any atom is -0.248 e. The molecule has 2 heterocycles. The highest BCUT2D eigenvalue weighted by atomic mass is 14.7. The fraction of sp³-hybridized carbons (Fsp3) is 0.103. The van der Waals surface area contributed by atoms with Crippen molar-refractivity contribution in [3.05, 3.63) is 109 Å². The van der Waals surface area contributed by atoms with E-state index in [-0.39, 0.29) is 0 Å². The van der Waals surface area contributed by atoms with Gasteiger partial charge in [0.1, 0.15) is 0 Å². The largest absolute Gasteiger partial charge is 0.248 e. The lowest BCUT2D eigenvalue weighted by atomic mass is 9.99. The highest BCUT2D eigenvalue weighted by Crippen LogP contribution is 2.26. The first-order chi connectivity index (χ1) is 15.3. The van der Waals surface area contributed by atoms with Gasteiger partial charge in [-0.15, -0.1) is 0 Å². The fourth-order valence-electron chi connectivity index (χ4n) is 4.17. The zero-order chi connectivity index (χ0) is 21.0. The van der Waals surface area contributed by atoms with Gasteiger partial charge in [0, 0.05) is 21.5 Å². The Hall–Kier alpha value is -3.78. The van der Waals surface area contributed by atoms with Crippen molar-refractivity contribution in [3.8, 4) is 0 Å². The lowest BCUT2D eigenvalue weighted by Crippen LogP contribution is -1.92. The first kappa shape index (κ1) is 19.2. The normalized spacial score (nSPS) is 11.0. The molecular formula is C29H24N2. The molecule has 4 aromatic carbocycles. The molecule has 2 heteroatoms. The highest BCUT2D eigenvalue weighted by molar-refractivity contribution is 5.97. The van der Waals surface area contributed by atoms with Gasteiger partial charge in [-0.05, 0) is 42.3 Å². The van der Waals surface area contributed by atoms with Crippen LogP contribution in [-0.4, -0.2) is 9.97 Å². The van der Waals surface area contributed by atoms with Gasteiger partial charge in [0.25, 0.3) is 0 Å². The standard InChI is InChI=1S/C16H15N.C13H9N/c1-2-7-12-13-8-3-5-10-15(13)17-16-11-6-4-9-14(12)16;1-3-7-12-10(5-1)9-11-6-2-4-8-13(11)14-12/h3-6,8-11H,2,7H2,1H3;1-9H. The molecular weight excluding hydrogens is 376 g/mol. The number of nitrogens with zero attached hydrogens (tertiary/aromatic N) is 2. The van der Waals surface area contributed by atoms with Gasteiger partial charge in [-0.1, -0.05) is 86.1 Å². The van der Waals surface area contributed by atoms with Gasteiger partial charge in [0.15, 0.2) is 0 Å². The van der Waals surface area contributed by atoms with Gasteiger partial charge in [0.05, 0.1) is 22.1 Å². The second-order valence-corrected chi connectivity index (χ2v) is 7.75. The lowest BCUT2D eigenvalue weighted by Gasteiger charge is -2.09. The number of hydrogen-bond donors (Lipinski definition) is 0. The number of benzene rings is 4. The minimum absolute atomic E-state index is 1.06. The molecule has 0 aliphatic heterocycles. The molecule has 0 spiro atoms. The summed E-state index contributed by atoms with van der Waals surface area (Å²) in [6.45, 7) is 2.23. The molecule has 0 unspecified atom stereocenters. The van der Waals surface area contributed by atoms with Crippen LogP contribution in [0.3, 0.4) is 0 Å². The molecule has 0 amide bonds. The maximum atomic E-state index is 4.72. The SMILES string of the molecule is CCCc1c2ccccc2nc2ccccc12.c1ccc2nc3ccccc3cc2c1. The van der Waals surface area contributed by atoms with Crippen molar-refractivity contribution < 1.29 is 0 Å². The molecule has 0 bridgehead atoms. The molecule has 150 valence electrons. The van der Waals surface area contributed by atoms with E-state index in [1.807, 2.05) is 36.4 Å². The zero-order valence-corrected chi connectivity index (χ0v) is 17.6. The maximum absolute atomic E-state index is 4.72. The van der Waals surface area contributed by atoms with Crippen LogP contribution >= 0.6 is 0 Å². The maximum Gasteiger partial charge on any atom is 0.0712 e. The molecule has 0 N–H and O–H groups in total. The number of aromatic nitrogens is 2. The van der Waals surface area contributed by atoms with E-state index in [9.17, 15) is 0 Å². The van der Waals surface area contributed by atoms with Crippen LogP contribution in [-0.2, 0) is 6.42 Å². The number of rotatable bonds is 2. The van der Waals surface area contributed by atoms with E-state index in [2.05, 4.69) is 78.6 Å². The quantitative estimate of drug-likeness (QED) is 0.278. The number of aryl methyl sites for hydroxylation is 1. The van der Waals surface area contributed by atoms with Crippen LogP contribution in [0, 0.1) is 0 Å². The summed E-state index contributed by atoms with van der Waals surface area (Å²) in [7, 11) is 0. The van der Waals surface area contributed by atoms with Crippen molar-refractivity contribution in [1.29, 1.82) is 0 Å². The van der Waals surface area contributed by atoms with Crippen molar-refractivity contribution in [2.75, 3.05) is 0 Å². The van der Waals surface area contributed by atoms with E-state index >= 15 is 0 Å². The molecule has 0 saturated heterocycles. The summed E-state index contributed by atoms with van der Waals surface area (Å²) in [4.78, 5) is 9.30. The summed E-state index contributed by atoms with van der Waals surface area (Å²) in [6.07, 6.45) is 2.28. The number of pyridine rings is 2. The average Bonchev–Trinajstić information content (AvgIpc) is 2.83. The molecule has 6 aromatic rings. The second-order valence-electron chi connectivity index (χ2n) is 7.75. The van der Waals surface area contributed by atoms with Crippen LogP contribution in [0.2, 0.25) is 0 Å². The zero-order valence-electron chi connectivity index (χ0n) is 17.6. The molecule has 0 aliphatic rings. The molecule has 0 saturated carbocycles. The molecule has 6 rings (SSSR count). The van der Waals surface area contributed by atoms with Crippen LogP contribution < -0.4 is 0 Å². The molecule has 0 atom stereocenters.